The van der Waals surface area contributed by atoms with Gasteiger partial charge in [-0.2, -0.15) is 0 Å². The summed E-state index contributed by atoms with van der Waals surface area (Å²) in [6, 6.07) is 17.8. The Kier molecular flexibility index (Phi) is 6.06. The number of carbonyl (C=O) groups excluding carboxylic acids is 1. The van der Waals surface area contributed by atoms with E-state index in [9.17, 15) is 4.79 Å². The van der Waals surface area contributed by atoms with E-state index in [1.54, 1.807) is 6.20 Å². The zero-order valence-electron chi connectivity index (χ0n) is 16.6. The second-order valence-electron chi connectivity index (χ2n) is 7.16. The molecule has 0 aliphatic carbocycles. The number of anilines is 1. The molecule has 0 radical (unpaired) electrons. The fraction of sp³-hybridized carbons (Fsp3) is 0.217. The lowest BCUT2D eigenvalue weighted by Gasteiger charge is -2.11. The fourth-order valence-electron chi connectivity index (χ4n) is 2.91. The van der Waals surface area contributed by atoms with Crippen LogP contribution in [0.3, 0.4) is 0 Å². The number of benzene rings is 2. The third-order valence-electron chi connectivity index (χ3n) is 4.61. The summed E-state index contributed by atoms with van der Waals surface area (Å²) in [5.41, 5.74) is 11.9. The van der Waals surface area contributed by atoms with E-state index in [-0.39, 0.29) is 5.91 Å². The first kappa shape index (κ1) is 19.6. The molecular formula is C23H26N4O. The highest BCUT2D eigenvalue weighted by Gasteiger charge is 2.10. The standard InChI is InChI=1S/C23H26N4O/c1-16-4-6-17(7-5-16)20-14-21(22(24)26-15-20)18-8-10-19(11-9-18)23(28)25-12-13-27(2)3/h4-11,14-15H,12-13H2,1-3H3,(H2,24,26)(H,25,28). The van der Waals surface area contributed by atoms with Gasteiger partial charge >= 0.3 is 0 Å². The van der Waals surface area contributed by atoms with E-state index in [1.165, 1.54) is 5.56 Å². The Labute approximate surface area is 166 Å². The highest BCUT2D eigenvalue weighted by molar-refractivity contribution is 5.95. The highest BCUT2D eigenvalue weighted by atomic mass is 16.1. The van der Waals surface area contributed by atoms with Crippen LogP contribution in [0.25, 0.3) is 22.3 Å². The van der Waals surface area contributed by atoms with Crippen LogP contribution in [0.4, 0.5) is 5.82 Å². The third-order valence-corrected chi connectivity index (χ3v) is 4.61. The fourth-order valence-corrected chi connectivity index (χ4v) is 2.91. The average molecular weight is 374 g/mol. The van der Waals surface area contributed by atoms with Gasteiger partial charge in [-0.25, -0.2) is 4.98 Å². The molecular weight excluding hydrogens is 348 g/mol. The van der Waals surface area contributed by atoms with Crippen molar-refractivity contribution in [2.75, 3.05) is 32.9 Å². The van der Waals surface area contributed by atoms with Crippen molar-refractivity contribution in [2.45, 2.75) is 6.92 Å². The largest absolute Gasteiger partial charge is 0.383 e. The van der Waals surface area contributed by atoms with Gasteiger partial charge < -0.3 is 16.0 Å². The maximum absolute atomic E-state index is 12.2. The molecule has 0 bridgehead atoms. The van der Waals surface area contributed by atoms with Crippen LogP contribution in [-0.4, -0.2) is 43.0 Å². The van der Waals surface area contributed by atoms with Crippen LogP contribution < -0.4 is 11.1 Å². The van der Waals surface area contributed by atoms with Crippen LogP contribution in [0.5, 0.6) is 0 Å². The molecule has 0 saturated heterocycles. The number of aromatic nitrogens is 1. The summed E-state index contributed by atoms with van der Waals surface area (Å²) in [4.78, 5) is 18.6. The molecule has 3 aromatic rings. The normalized spacial score (nSPS) is 10.9. The van der Waals surface area contributed by atoms with E-state index >= 15 is 0 Å². The quantitative estimate of drug-likeness (QED) is 0.692. The lowest BCUT2D eigenvalue weighted by molar-refractivity contribution is 0.0951. The summed E-state index contributed by atoms with van der Waals surface area (Å²) in [6.45, 7) is 3.48. The van der Waals surface area contributed by atoms with E-state index in [0.29, 0.717) is 17.9 Å². The summed E-state index contributed by atoms with van der Waals surface area (Å²) in [6.07, 6.45) is 1.79. The Morgan fingerprint density at radius 2 is 1.64 bits per heavy atom. The molecule has 0 aliphatic heterocycles. The SMILES string of the molecule is Cc1ccc(-c2cnc(N)c(-c3ccc(C(=O)NCCN(C)C)cc3)c2)cc1. The van der Waals surface area contributed by atoms with E-state index in [0.717, 1.165) is 28.8 Å². The molecule has 0 atom stereocenters. The minimum absolute atomic E-state index is 0.0760. The zero-order chi connectivity index (χ0) is 20.1. The number of likely N-dealkylation sites (N-methyl/N-ethyl adjacent to an activating group) is 1. The Hall–Kier alpha value is -3.18. The first-order valence-electron chi connectivity index (χ1n) is 9.30. The van der Waals surface area contributed by atoms with Crippen molar-refractivity contribution in [3.8, 4) is 22.3 Å². The molecule has 5 heteroatoms. The van der Waals surface area contributed by atoms with Crippen LogP contribution in [0.2, 0.25) is 0 Å². The Balaban J connectivity index is 1.80. The Morgan fingerprint density at radius 1 is 1.00 bits per heavy atom. The van der Waals surface area contributed by atoms with Gasteiger partial charge in [-0.3, -0.25) is 4.79 Å². The monoisotopic (exact) mass is 374 g/mol. The van der Waals surface area contributed by atoms with E-state index in [4.69, 9.17) is 5.73 Å². The molecule has 0 fully saturated rings. The minimum atomic E-state index is -0.0760. The Morgan fingerprint density at radius 3 is 2.29 bits per heavy atom. The van der Waals surface area contributed by atoms with Crippen molar-refractivity contribution >= 4 is 11.7 Å². The van der Waals surface area contributed by atoms with Crippen molar-refractivity contribution in [1.29, 1.82) is 0 Å². The molecule has 1 heterocycles. The van der Waals surface area contributed by atoms with E-state index < -0.39 is 0 Å². The number of nitrogen functional groups attached to an aromatic ring is 1. The first-order chi connectivity index (χ1) is 13.4. The van der Waals surface area contributed by atoms with Gasteiger partial charge in [0.1, 0.15) is 5.82 Å². The van der Waals surface area contributed by atoms with Gasteiger partial charge in [0.25, 0.3) is 5.91 Å². The summed E-state index contributed by atoms with van der Waals surface area (Å²) in [5, 5.41) is 2.92. The number of carbonyl (C=O) groups is 1. The number of pyridine rings is 1. The van der Waals surface area contributed by atoms with Gasteiger partial charge in [0.15, 0.2) is 0 Å². The minimum Gasteiger partial charge on any atom is -0.383 e. The Bertz CT molecular complexity index is 947. The molecule has 3 N–H and O–H groups in total. The molecule has 144 valence electrons. The van der Waals surface area contributed by atoms with Gasteiger partial charge in [-0.15, -0.1) is 0 Å². The maximum Gasteiger partial charge on any atom is 0.251 e. The predicted octanol–water partition coefficient (Wildman–Crippen LogP) is 3.60. The van der Waals surface area contributed by atoms with Crippen molar-refractivity contribution in [3.05, 3.63) is 71.9 Å². The molecule has 2 aromatic carbocycles. The van der Waals surface area contributed by atoms with Crippen molar-refractivity contribution < 1.29 is 4.79 Å². The molecule has 0 aliphatic rings. The summed E-state index contributed by atoms with van der Waals surface area (Å²) in [5.74, 6) is 0.395. The van der Waals surface area contributed by atoms with Crippen LogP contribution >= 0.6 is 0 Å². The number of nitrogens with one attached hydrogen (secondary N) is 1. The van der Waals surface area contributed by atoms with Crippen LogP contribution in [0, 0.1) is 6.92 Å². The predicted molar refractivity (Wildman–Crippen MR) is 115 cm³/mol. The zero-order valence-corrected chi connectivity index (χ0v) is 16.6. The maximum atomic E-state index is 12.2. The van der Waals surface area contributed by atoms with Gasteiger partial charge in [-0.1, -0.05) is 42.0 Å². The molecule has 28 heavy (non-hydrogen) atoms. The van der Waals surface area contributed by atoms with Gasteiger partial charge in [-0.05, 0) is 50.3 Å². The highest BCUT2D eigenvalue weighted by Crippen LogP contribution is 2.29. The van der Waals surface area contributed by atoms with Crippen molar-refractivity contribution in [2.24, 2.45) is 0 Å². The number of aryl methyl sites for hydroxylation is 1. The molecule has 1 amide bonds. The second kappa shape index (κ2) is 8.67. The van der Waals surface area contributed by atoms with Gasteiger partial charge in [0.05, 0.1) is 0 Å². The van der Waals surface area contributed by atoms with Crippen LogP contribution in [0.15, 0.2) is 60.8 Å². The molecule has 0 saturated carbocycles. The average Bonchev–Trinajstić information content (AvgIpc) is 2.69. The summed E-state index contributed by atoms with van der Waals surface area (Å²) < 4.78 is 0. The second-order valence-corrected chi connectivity index (χ2v) is 7.16. The number of nitrogens with two attached hydrogens (primary N) is 1. The number of hydrogen-bond acceptors (Lipinski definition) is 4. The lowest BCUT2D eigenvalue weighted by atomic mass is 9.99. The number of rotatable bonds is 6. The number of nitrogens with zero attached hydrogens (tertiary/aromatic N) is 2. The molecule has 0 spiro atoms. The lowest BCUT2D eigenvalue weighted by Crippen LogP contribution is -2.31. The first-order valence-corrected chi connectivity index (χ1v) is 9.30. The number of amides is 1. The van der Waals surface area contributed by atoms with Gasteiger partial charge in [0.2, 0.25) is 0 Å². The van der Waals surface area contributed by atoms with Crippen LogP contribution in [0.1, 0.15) is 15.9 Å². The summed E-state index contributed by atoms with van der Waals surface area (Å²) in [7, 11) is 3.95. The third kappa shape index (κ3) is 4.75. The molecule has 5 nitrogen and oxygen atoms in total. The van der Waals surface area contributed by atoms with Crippen molar-refractivity contribution in [1.82, 2.24) is 15.2 Å². The smallest absolute Gasteiger partial charge is 0.251 e. The summed E-state index contributed by atoms with van der Waals surface area (Å²) >= 11 is 0. The van der Waals surface area contributed by atoms with Gasteiger partial charge in [0, 0.05) is 36.0 Å². The molecule has 3 rings (SSSR count). The topological polar surface area (TPSA) is 71.2 Å². The molecule has 1 aromatic heterocycles. The van der Waals surface area contributed by atoms with E-state index in [1.807, 2.05) is 49.3 Å². The molecule has 0 unspecified atom stereocenters. The van der Waals surface area contributed by atoms with E-state index in [2.05, 4.69) is 41.5 Å². The van der Waals surface area contributed by atoms with Crippen molar-refractivity contribution in [3.63, 3.8) is 0 Å². The number of hydrogen-bond donors (Lipinski definition) is 2. The van der Waals surface area contributed by atoms with Crippen LogP contribution in [-0.2, 0) is 0 Å².